The third kappa shape index (κ3) is 5.32. The Hall–Kier alpha value is -4.12. The van der Waals surface area contributed by atoms with Crippen LogP contribution in [0.15, 0.2) is 97.1 Å². The molecule has 0 aliphatic rings. The number of nitrogens with one attached hydrogen (secondary N) is 1. The van der Waals surface area contributed by atoms with Gasteiger partial charge in [-0.2, -0.15) is 0 Å². The zero-order valence-corrected chi connectivity index (χ0v) is 17.4. The SMILES string of the molecule is O=C(N[C@@H](Cc1ccc(OCc2ccccc2)cc1)C(=O)O)c1ccc2ccccc2c1. The van der Waals surface area contributed by atoms with Crippen LogP contribution in [-0.4, -0.2) is 23.0 Å². The quantitative estimate of drug-likeness (QED) is 0.423. The minimum atomic E-state index is -1.08. The van der Waals surface area contributed by atoms with Crippen LogP contribution in [0.5, 0.6) is 5.75 Å². The van der Waals surface area contributed by atoms with Gasteiger partial charge in [-0.1, -0.05) is 72.8 Å². The van der Waals surface area contributed by atoms with Crippen molar-refractivity contribution in [1.82, 2.24) is 5.32 Å². The van der Waals surface area contributed by atoms with Crippen LogP contribution in [0.2, 0.25) is 0 Å². The monoisotopic (exact) mass is 425 g/mol. The highest BCUT2D eigenvalue weighted by Gasteiger charge is 2.21. The first-order valence-electron chi connectivity index (χ1n) is 10.4. The molecule has 0 heterocycles. The van der Waals surface area contributed by atoms with E-state index in [0.29, 0.717) is 17.9 Å². The Labute approximate surface area is 186 Å². The van der Waals surface area contributed by atoms with Crippen molar-refractivity contribution in [3.8, 4) is 5.75 Å². The van der Waals surface area contributed by atoms with Crippen LogP contribution >= 0.6 is 0 Å². The fourth-order valence-electron chi connectivity index (χ4n) is 3.47. The second kappa shape index (κ2) is 9.79. The van der Waals surface area contributed by atoms with Crippen molar-refractivity contribution in [2.75, 3.05) is 0 Å². The van der Waals surface area contributed by atoms with Crippen LogP contribution in [0.3, 0.4) is 0 Å². The van der Waals surface area contributed by atoms with Crippen LogP contribution < -0.4 is 10.1 Å². The van der Waals surface area contributed by atoms with Gasteiger partial charge in [0.2, 0.25) is 0 Å². The molecule has 4 aromatic rings. The fourth-order valence-corrected chi connectivity index (χ4v) is 3.47. The van der Waals surface area contributed by atoms with Gasteiger partial charge in [-0.15, -0.1) is 0 Å². The van der Waals surface area contributed by atoms with E-state index in [9.17, 15) is 14.7 Å². The first-order valence-corrected chi connectivity index (χ1v) is 10.4. The number of hydrogen-bond acceptors (Lipinski definition) is 3. The van der Waals surface area contributed by atoms with Gasteiger partial charge in [0.1, 0.15) is 18.4 Å². The van der Waals surface area contributed by atoms with E-state index in [1.165, 1.54) is 0 Å². The van der Waals surface area contributed by atoms with Gasteiger partial charge < -0.3 is 15.2 Å². The zero-order valence-electron chi connectivity index (χ0n) is 17.4. The van der Waals surface area contributed by atoms with Gasteiger partial charge in [0, 0.05) is 12.0 Å². The number of rotatable bonds is 8. The van der Waals surface area contributed by atoms with Gasteiger partial charge >= 0.3 is 5.97 Å². The molecule has 160 valence electrons. The molecule has 0 saturated heterocycles. The molecule has 0 bridgehead atoms. The molecule has 0 saturated carbocycles. The van der Waals surface area contributed by atoms with Gasteiger partial charge in [0.25, 0.3) is 5.91 Å². The molecule has 0 fully saturated rings. The van der Waals surface area contributed by atoms with E-state index >= 15 is 0 Å². The third-order valence-electron chi connectivity index (χ3n) is 5.23. The Morgan fingerprint density at radius 2 is 1.47 bits per heavy atom. The van der Waals surface area contributed by atoms with Crippen molar-refractivity contribution in [1.29, 1.82) is 0 Å². The van der Waals surface area contributed by atoms with Crippen LogP contribution in [0.4, 0.5) is 0 Å². The van der Waals surface area contributed by atoms with Gasteiger partial charge in [0.05, 0.1) is 0 Å². The maximum Gasteiger partial charge on any atom is 0.326 e. The van der Waals surface area contributed by atoms with Gasteiger partial charge in [-0.25, -0.2) is 4.79 Å². The van der Waals surface area contributed by atoms with Crippen LogP contribution in [0.1, 0.15) is 21.5 Å². The van der Waals surface area contributed by atoms with Crippen molar-refractivity contribution in [3.05, 3.63) is 114 Å². The topological polar surface area (TPSA) is 75.6 Å². The number of hydrogen-bond donors (Lipinski definition) is 2. The first kappa shape index (κ1) is 21.1. The smallest absolute Gasteiger partial charge is 0.326 e. The van der Waals surface area contributed by atoms with Crippen molar-refractivity contribution in [3.63, 3.8) is 0 Å². The van der Waals surface area contributed by atoms with E-state index in [4.69, 9.17) is 4.74 Å². The Kier molecular flexibility index (Phi) is 6.46. The number of amides is 1. The first-order chi connectivity index (χ1) is 15.6. The maximum atomic E-state index is 12.7. The lowest BCUT2D eigenvalue weighted by molar-refractivity contribution is -0.139. The lowest BCUT2D eigenvalue weighted by atomic mass is 10.0. The number of carbonyl (C=O) groups is 2. The molecule has 0 unspecified atom stereocenters. The molecule has 0 aromatic heterocycles. The number of carbonyl (C=O) groups excluding carboxylic acids is 1. The lowest BCUT2D eigenvalue weighted by Gasteiger charge is -2.15. The third-order valence-corrected chi connectivity index (χ3v) is 5.23. The van der Waals surface area contributed by atoms with Crippen LogP contribution in [0, 0.1) is 0 Å². The Balaban J connectivity index is 1.39. The summed E-state index contributed by atoms with van der Waals surface area (Å²) in [7, 11) is 0. The Bertz CT molecular complexity index is 1220. The number of aliphatic carboxylic acids is 1. The summed E-state index contributed by atoms with van der Waals surface area (Å²) in [5, 5.41) is 14.2. The molecule has 0 spiro atoms. The van der Waals surface area contributed by atoms with Gasteiger partial charge in [-0.05, 0) is 46.2 Å². The average Bonchev–Trinajstić information content (AvgIpc) is 2.83. The van der Waals surface area contributed by atoms with Crippen molar-refractivity contribution in [2.45, 2.75) is 19.1 Å². The summed E-state index contributed by atoms with van der Waals surface area (Å²) in [6.45, 7) is 0.458. The summed E-state index contributed by atoms with van der Waals surface area (Å²) in [5.41, 5.74) is 2.29. The fraction of sp³-hybridized carbons (Fsp3) is 0.111. The molecular formula is C27H23NO4. The molecule has 2 N–H and O–H groups in total. The molecule has 32 heavy (non-hydrogen) atoms. The number of ether oxygens (including phenoxy) is 1. The predicted octanol–water partition coefficient (Wildman–Crippen LogP) is 4.84. The van der Waals surface area contributed by atoms with Crippen molar-refractivity contribution < 1.29 is 19.4 Å². The number of carboxylic acid groups (broad SMARTS) is 1. The minimum absolute atomic E-state index is 0.174. The van der Waals surface area contributed by atoms with E-state index in [1.807, 2.05) is 84.9 Å². The molecule has 4 rings (SSSR count). The van der Waals surface area contributed by atoms with Crippen molar-refractivity contribution in [2.24, 2.45) is 0 Å². The summed E-state index contributed by atoms with van der Waals surface area (Å²) in [5.74, 6) is -0.792. The van der Waals surface area contributed by atoms with Crippen molar-refractivity contribution >= 4 is 22.6 Å². The number of benzene rings is 4. The van der Waals surface area contributed by atoms with Crippen LogP contribution in [0.25, 0.3) is 10.8 Å². The summed E-state index contributed by atoms with van der Waals surface area (Å²) in [4.78, 5) is 24.4. The highest BCUT2D eigenvalue weighted by molar-refractivity contribution is 6.00. The minimum Gasteiger partial charge on any atom is -0.489 e. The zero-order chi connectivity index (χ0) is 22.3. The lowest BCUT2D eigenvalue weighted by Crippen LogP contribution is -2.42. The van der Waals surface area contributed by atoms with E-state index in [1.54, 1.807) is 12.1 Å². The standard InChI is InChI=1S/C27H23NO4/c29-26(23-13-12-21-8-4-5-9-22(21)17-23)28-25(27(30)31)16-19-10-14-24(15-11-19)32-18-20-6-2-1-3-7-20/h1-15,17,25H,16,18H2,(H,28,29)(H,30,31)/t25-/m0/s1. The van der Waals surface area contributed by atoms with Crippen LogP contribution in [-0.2, 0) is 17.8 Å². The highest BCUT2D eigenvalue weighted by Crippen LogP contribution is 2.17. The highest BCUT2D eigenvalue weighted by atomic mass is 16.5. The number of fused-ring (bicyclic) bond motifs is 1. The van der Waals surface area contributed by atoms with E-state index in [2.05, 4.69) is 5.32 Å². The molecule has 1 amide bonds. The van der Waals surface area contributed by atoms with E-state index in [-0.39, 0.29) is 6.42 Å². The normalized spacial score (nSPS) is 11.6. The van der Waals surface area contributed by atoms with Gasteiger partial charge in [0.15, 0.2) is 0 Å². The summed E-state index contributed by atoms with van der Waals surface area (Å²) >= 11 is 0. The summed E-state index contributed by atoms with van der Waals surface area (Å²) in [6.07, 6.45) is 0.174. The molecule has 5 heteroatoms. The summed E-state index contributed by atoms with van der Waals surface area (Å²) < 4.78 is 5.77. The summed E-state index contributed by atoms with van der Waals surface area (Å²) in [6, 6.07) is 29.1. The predicted molar refractivity (Wildman–Crippen MR) is 124 cm³/mol. The largest absolute Gasteiger partial charge is 0.489 e. The Morgan fingerprint density at radius 3 is 2.19 bits per heavy atom. The molecule has 0 aliphatic heterocycles. The number of carboxylic acids is 1. The maximum absolute atomic E-state index is 12.7. The molecule has 1 atom stereocenters. The molecular weight excluding hydrogens is 402 g/mol. The molecule has 5 nitrogen and oxygen atoms in total. The molecule has 0 aliphatic carbocycles. The van der Waals surface area contributed by atoms with E-state index < -0.39 is 17.9 Å². The Morgan fingerprint density at radius 1 is 0.781 bits per heavy atom. The molecule has 0 radical (unpaired) electrons. The second-order valence-electron chi connectivity index (χ2n) is 7.55. The van der Waals surface area contributed by atoms with Gasteiger partial charge in [-0.3, -0.25) is 4.79 Å². The molecule has 4 aromatic carbocycles. The second-order valence-corrected chi connectivity index (χ2v) is 7.55. The van der Waals surface area contributed by atoms with E-state index in [0.717, 1.165) is 21.9 Å². The average molecular weight is 425 g/mol.